The lowest BCUT2D eigenvalue weighted by Crippen LogP contribution is -2.20. The van der Waals surface area contributed by atoms with E-state index in [0.717, 1.165) is 11.0 Å². The van der Waals surface area contributed by atoms with Gasteiger partial charge in [-0.15, -0.1) is 0 Å². The van der Waals surface area contributed by atoms with E-state index in [4.69, 9.17) is 0 Å². The van der Waals surface area contributed by atoms with Crippen LogP contribution in [0.1, 0.15) is 15.9 Å². The first-order valence-electron chi connectivity index (χ1n) is 9.13. The number of aryl methyl sites for hydroxylation is 1. The molecule has 0 bridgehead atoms. The minimum Gasteiger partial charge on any atom is -0.321 e. The van der Waals surface area contributed by atoms with Crippen LogP contribution in [0.4, 0.5) is 5.69 Å². The van der Waals surface area contributed by atoms with Gasteiger partial charge in [0.1, 0.15) is 12.1 Å². The van der Waals surface area contributed by atoms with Crippen molar-refractivity contribution in [2.24, 2.45) is 0 Å². The van der Waals surface area contributed by atoms with Crippen molar-refractivity contribution in [3.63, 3.8) is 0 Å². The lowest BCUT2D eigenvalue weighted by Gasteiger charge is -2.10. The van der Waals surface area contributed by atoms with Crippen LogP contribution in [-0.2, 0) is 10.0 Å². The number of anilines is 1. The molecule has 0 saturated carbocycles. The summed E-state index contributed by atoms with van der Waals surface area (Å²) in [6, 6.07) is 15.7. The second-order valence-corrected chi connectivity index (χ2v) is 8.53. The van der Waals surface area contributed by atoms with Crippen LogP contribution < -0.4 is 10.0 Å². The molecule has 0 unspecified atom stereocenters. The Balaban J connectivity index is 1.58. The second kappa shape index (κ2) is 7.69. The van der Waals surface area contributed by atoms with Gasteiger partial charge in [-0.25, -0.2) is 23.1 Å². The summed E-state index contributed by atoms with van der Waals surface area (Å²) in [4.78, 5) is 21.5. The fraction of sp³-hybridized carbons (Fsp3) is 0.0952. The predicted molar refractivity (Wildman–Crippen MR) is 114 cm³/mol. The van der Waals surface area contributed by atoms with Crippen molar-refractivity contribution in [3.05, 3.63) is 78.2 Å². The highest BCUT2D eigenvalue weighted by Gasteiger charge is 2.17. The molecule has 0 aliphatic rings. The van der Waals surface area contributed by atoms with Crippen LogP contribution >= 0.6 is 0 Å². The van der Waals surface area contributed by atoms with E-state index in [1.807, 2.05) is 28.8 Å². The Morgan fingerprint density at radius 1 is 1.03 bits per heavy atom. The van der Waals surface area contributed by atoms with Crippen LogP contribution in [0.15, 0.2) is 72.0 Å². The first-order chi connectivity index (χ1) is 14.4. The molecule has 9 heteroatoms. The Morgan fingerprint density at radius 2 is 1.83 bits per heavy atom. The van der Waals surface area contributed by atoms with E-state index in [1.165, 1.54) is 19.2 Å². The fourth-order valence-electron chi connectivity index (χ4n) is 3.07. The Morgan fingerprint density at radius 3 is 2.57 bits per heavy atom. The molecule has 2 N–H and O–H groups in total. The topological polar surface area (TPSA) is 106 Å². The van der Waals surface area contributed by atoms with Gasteiger partial charge in [-0.3, -0.25) is 9.36 Å². The molecular formula is C21H19N5O3S. The molecule has 0 saturated heterocycles. The number of benzene rings is 2. The normalized spacial score (nSPS) is 11.5. The van der Waals surface area contributed by atoms with Gasteiger partial charge in [0.05, 0.1) is 27.8 Å². The average Bonchev–Trinajstić information content (AvgIpc) is 3.18. The molecule has 8 nitrogen and oxygen atoms in total. The first-order valence-corrected chi connectivity index (χ1v) is 10.6. The molecule has 1 amide bonds. The number of nitrogens with zero attached hydrogens (tertiary/aromatic N) is 3. The SMILES string of the molecule is CNS(=O)(=O)c1ccc(C)c(C(=O)Nc2ccc(-n3cnc4ccccc43)nc2)c1. The second-order valence-electron chi connectivity index (χ2n) is 6.65. The smallest absolute Gasteiger partial charge is 0.256 e. The van der Waals surface area contributed by atoms with Crippen molar-refractivity contribution >= 4 is 32.7 Å². The number of fused-ring (bicyclic) bond motifs is 1. The van der Waals surface area contributed by atoms with E-state index in [1.54, 1.807) is 37.6 Å². The fourth-order valence-corrected chi connectivity index (χ4v) is 3.83. The van der Waals surface area contributed by atoms with Crippen molar-refractivity contribution in [1.29, 1.82) is 0 Å². The maximum Gasteiger partial charge on any atom is 0.256 e. The van der Waals surface area contributed by atoms with Gasteiger partial charge in [0, 0.05) is 5.56 Å². The van der Waals surface area contributed by atoms with Gasteiger partial charge in [0.2, 0.25) is 10.0 Å². The number of sulfonamides is 1. The molecule has 0 aliphatic carbocycles. The van der Waals surface area contributed by atoms with E-state index < -0.39 is 15.9 Å². The zero-order chi connectivity index (χ0) is 21.3. The molecule has 4 aromatic rings. The molecule has 0 atom stereocenters. The van der Waals surface area contributed by atoms with Crippen LogP contribution in [0.25, 0.3) is 16.9 Å². The minimum atomic E-state index is -3.64. The Kier molecular flexibility index (Phi) is 5.06. The number of hydrogen-bond donors (Lipinski definition) is 2. The summed E-state index contributed by atoms with van der Waals surface area (Å²) in [5, 5.41) is 2.76. The summed E-state index contributed by atoms with van der Waals surface area (Å²) < 4.78 is 28.2. The Labute approximate surface area is 173 Å². The van der Waals surface area contributed by atoms with Gasteiger partial charge in [-0.05, 0) is 55.9 Å². The molecule has 2 heterocycles. The third kappa shape index (κ3) is 3.68. The van der Waals surface area contributed by atoms with E-state index in [2.05, 4.69) is 20.0 Å². The molecule has 0 radical (unpaired) electrons. The van der Waals surface area contributed by atoms with Crippen molar-refractivity contribution < 1.29 is 13.2 Å². The third-order valence-electron chi connectivity index (χ3n) is 4.74. The van der Waals surface area contributed by atoms with Crippen molar-refractivity contribution in [3.8, 4) is 5.82 Å². The number of carbonyl (C=O) groups excluding carboxylic acids is 1. The van der Waals surface area contributed by atoms with Crippen molar-refractivity contribution in [2.45, 2.75) is 11.8 Å². The Bertz CT molecular complexity index is 1340. The number of rotatable bonds is 5. The molecule has 2 aromatic carbocycles. The molecule has 4 rings (SSSR count). The molecular weight excluding hydrogens is 402 g/mol. The number of amides is 1. The lowest BCUT2D eigenvalue weighted by atomic mass is 10.1. The van der Waals surface area contributed by atoms with Gasteiger partial charge in [-0.2, -0.15) is 0 Å². The zero-order valence-corrected chi connectivity index (χ0v) is 17.1. The Hall–Kier alpha value is -3.56. The lowest BCUT2D eigenvalue weighted by molar-refractivity contribution is 0.102. The standard InChI is InChI=1S/C21H19N5O3S/c1-14-7-9-16(30(28,29)22-2)11-17(14)21(27)25-15-8-10-20(23-12-15)26-13-24-18-5-3-4-6-19(18)26/h3-13,22H,1-2H3,(H,25,27). The highest BCUT2D eigenvalue weighted by Crippen LogP contribution is 2.20. The molecule has 0 fully saturated rings. The monoisotopic (exact) mass is 421 g/mol. The molecule has 30 heavy (non-hydrogen) atoms. The molecule has 0 spiro atoms. The third-order valence-corrected chi connectivity index (χ3v) is 6.15. The number of imidazole rings is 1. The highest BCUT2D eigenvalue weighted by atomic mass is 32.2. The first kappa shape index (κ1) is 19.7. The van der Waals surface area contributed by atoms with Crippen molar-refractivity contribution in [2.75, 3.05) is 12.4 Å². The minimum absolute atomic E-state index is 0.0289. The number of aromatic nitrogens is 3. The van der Waals surface area contributed by atoms with Crippen LogP contribution in [0.2, 0.25) is 0 Å². The number of hydrogen-bond acceptors (Lipinski definition) is 5. The van der Waals surface area contributed by atoms with E-state index in [0.29, 0.717) is 17.1 Å². The van der Waals surface area contributed by atoms with Gasteiger partial charge >= 0.3 is 0 Å². The van der Waals surface area contributed by atoms with Gasteiger partial charge in [0.25, 0.3) is 5.91 Å². The summed E-state index contributed by atoms with van der Waals surface area (Å²) in [5.74, 6) is 0.253. The van der Waals surface area contributed by atoms with Crippen LogP contribution in [0.3, 0.4) is 0 Å². The summed E-state index contributed by atoms with van der Waals surface area (Å²) in [7, 11) is -2.32. The summed E-state index contributed by atoms with van der Waals surface area (Å²) >= 11 is 0. The van der Waals surface area contributed by atoms with Gasteiger partial charge in [0.15, 0.2) is 0 Å². The van der Waals surface area contributed by atoms with E-state index in [9.17, 15) is 13.2 Å². The number of nitrogens with one attached hydrogen (secondary N) is 2. The summed E-state index contributed by atoms with van der Waals surface area (Å²) in [6.07, 6.45) is 3.24. The summed E-state index contributed by atoms with van der Waals surface area (Å²) in [6.45, 7) is 1.75. The van der Waals surface area contributed by atoms with Crippen molar-refractivity contribution in [1.82, 2.24) is 19.3 Å². The predicted octanol–water partition coefficient (Wildman–Crippen LogP) is 2.89. The van der Waals surface area contributed by atoms with Gasteiger partial charge < -0.3 is 5.32 Å². The van der Waals surface area contributed by atoms with Gasteiger partial charge in [-0.1, -0.05) is 18.2 Å². The maximum atomic E-state index is 12.7. The molecule has 152 valence electrons. The largest absolute Gasteiger partial charge is 0.321 e. The molecule has 0 aliphatic heterocycles. The number of para-hydroxylation sites is 2. The van der Waals surface area contributed by atoms with E-state index in [-0.39, 0.29) is 10.5 Å². The summed E-state index contributed by atoms with van der Waals surface area (Å²) in [5.41, 5.74) is 3.23. The van der Waals surface area contributed by atoms with Crippen LogP contribution in [0.5, 0.6) is 0 Å². The van der Waals surface area contributed by atoms with E-state index >= 15 is 0 Å². The number of carbonyl (C=O) groups is 1. The van der Waals surface area contributed by atoms with Crippen LogP contribution in [-0.4, -0.2) is 35.9 Å². The zero-order valence-electron chi connectivity index (χ0n) is 16.3. The molecule has 2 aromatic heterocycles. The highest BCUT2D eigenvalue weighted by molar-refractivity contribution is 7.89. The maximum absolute atomic E-state index is 12.7. The quantitative estimate of drug-likeness (QED) is 0.515. The number of pyridine rings is 1. The average molecular weight is 421 g/mol. The van der Waals surface area contributed by atoms with Crippen LogP contribution in [0, 0.1) is 6.92 Å².